The highest BCUT2D eigenvalue weighted by Crippen LogP contribution is 2.30. The maximum Gasteiger partial charge on any atom is 0.250 e. The third kappa shape index (κ3) is 3.96. The van der Waals surface area contributed by atoms with Crippen LogP contribution in [0.4, 0.5) is 11.4 Å². The number of sulfonamides is 1. The predicted octanol–water partition coefficient (Wildman–Crippen LogP) is 3.78. The average Bonchev–Trinajstić information content (AvgIpc) is 2.62. The van der Waals surface area contributed by atoms with Crippen LogP contribution in [0.3, 0.4) is 0 Å². The van der Waals surface area contributed by atoms with Gasteiger partial charge < -0.3 is 4.90 Å². The molecule has 0 saturated carbocycles. The topological polar surface area (TPSA) is 57.7 Å². The number of hydrogen-bond donors (Lipinski definition) is 0. The Morgan fingerprint density at radius 2 is 1.93 bits per heavy atom. The fourth-order valence-corrected chi connectivity index (χ4v) is 4.85. The van der Waals surface area contributed by atoms with Crippen LogP contribution in [0.2, 0.25) is 5.02 Å². The molecule has 1 amide bonds. The number of hydrogen-bond acceptors (Lipinski definition) is 3. The summed E-state index contributed by atoms with van der Waals surface area (Å²) in [6.45, 7) is 4.04. The van der Waals surface area contributed by atoms with Gasteiger partial charge in [-0.3, -0.25) is 9.10 Å². The Labute approximate surface area is 165 Å². The summed E-state index contributed by atoms with van der Waals surface area (Å²) in [5.74, 6) is -0.246. The molecule has 3 rings (SSSR count). The van der Waals surface area contributed by atoms with E-state index in [2.05, 4.69) is 0 Å². The lowest BCUT2D eigenvalue weighted by Gasteiger charge is -2.35. The molecule has 0 aromatic heterocycles. The molecule has 1 atom stereocenters. The zero-order valence-corrected chi connectivity index (χ0v) is 17.2. The molecular weight excluding hydrogens is 384 g/mol. The zero-order valence-electron chi connectivity index (χ0n) is 15.6. The van der Waals surface area contributed by atoms with Gasteiger partial charge >= 0.3 is 0 Å². The van der Waals surface area contributed by atoms with E-state index in [0.717, 1.165) is 40.2 Å². The van der Waals surface area contributed by atoms with Gasteiger partial charge in [-0.15, -0.1) is 0 Å². The molecule has 1 aliphatic rings. The Morgan fingerprint density at radius 1 is 1.22 bits per heavy atom. The largest absolute Gasteiger partial charge is 0.310 e. The average molecular weight is 407 g/mol. The molecule has 0 spiro atoms. The second kappa shape index (κ2) is 7.52. The van der Waals surface area contributed by atoms with Gasteiger partial charge in [0.2, 0.25) is 10.0 Å². The third-order valence-electron chi connectivity index (χ3n) is 4.85. The minimum Gasteiger partial charge on any atom is -0.310 e. The van der Waals surface area contributed by atoms with Gasteiger partial charge in [0.15, 0.2) is 0 Å². The molecule has 0 saturated heterocycles. The van der Waals surface area contributed by atoms with Gasteiger partial charge in [0.1, 0.15) is 6.04 Å². The Hall–Kier alpha value is -2.05. The van der Waals surface area contributed by atoms with Crippen molar-refractivity contribution >= 4 is 38.9 Å². The van der Waals surface area contributed by atoms with Crippen LogP contribution in [-0.2, 0) is 21.2 Å². The number of para-hydroxylation sites is 1. The van der Waals surface area contributed by atoms with Crippen LogP contribution in [0.15, 0.2) is 42.5 Å². The molecule has 2 aromatic rings. The molecule has 1 unspecified atom stereocenters. The maximum absolute atomic E-state index is 13.3. The van der Waals surface area contributed by atoms with Crippen molar-refractivity contribution in [1.82, 2.24) is 0 Å². The van der Waals surface area contributed by atoms with Crippen LogP contribution in [0.5, 0.6) is 0 Å². The van der Waals surface area contributed by atoms with E-state index in [-0.39, 0.29) is 5.91 Å². The van der Waals surface area contributed by atoms with Crippen molar-refractivity contribution in [2.75, 3.05) is 22.0 Å². The van der Waals surface area contributed by atoms with Crippen LogP contribution < -0.4 is 9.21 Å². The second-order valence-corrected chi connectivity index (χ2v) is 9.16. The van der Waals surface area contributed by atoms with Crippen molar-refractivity contribution in [2.45, 2.75) is 32.7 Å². The number of fused-ring (bicyclic) bond motifs is 1. The van der Waals surface area contributed by atoms with Gasteiger partial charge in [0.05, 0.1) is 11.9 Å². The molecule has 27 heavy (non-hydrogen) atoms. The highest BCUT2D eigenvalue weighted by molar-refractivity contribution is 7.92. The van der Waals surface area contributed by atoms with Gasteiger partial charge in [0, 0.05) is 17.3 Å². The van der Waals surface area contributed by atoms with Crippen molar-refractivity contribution in [3.63, 3.8) is 0 Å². The first-order chi connectivity index (χ1) is 12.7. The summed E-state index contributed by atoms with van der Waals surface area (Å²) in [6, 6.07) is 11.9. The van der Waals surface area contributed by atoms with Gasteiger partial charge in [-0.05, 0) is 56.0 Å². The number of carbonyl (C=O) groups excluding carboxylic acids is 1. The van der Waals surface area contributed by atoms with Gasteiger partial charge in [-0.2, -0.15) is 0 Å². The second-order valence-electron chi connectivity index (χ2n) is 6.89. The number of halogens is 1. The summed E-state index contributed by atoms with van der Waals surface area (Å²) in [5.41, 5.74) is 3.20. The molecule has 5 nitrogen and oxygen atoms in total. The van der Waals surface area contributed by atoms with E-state index in [1.54, 1.807) is 30.0 Å². The highest BCUT2D eigenvalue weighted by Gasteiger charge is 2.34. The minimum atomic E-state index is -3.68. The van der Waals surface area contributed by atoms with Gasteiger partial charge in [-0.1, -0.05) is 35.9 Å². The summed E-state index contributed by atoms with van der Waals surface area (Å²) in [7, 11) is -3.68. The first kappa shape index (κ1) is 19.7. The van der Waals surface area contributed by atoms with E-state index in [1.807, 2.05) is 31.2 Å². The van der Waals surface area contributed by atoms with Crippen molar-refractivity contribution in [2.24, 2.45) is 0 Å². The molecule has 144 valence electrons. The van der Waals surface area contributed by atoms with Crippen molar-refractivity contribution in [1.29, 1.82) is 0 Å². The van der Waals surface area contributed by atoms with Crippen molar-refractivity contribution < 1.29 is 13.2 Å². The van der Waals surface area contributed by atoms with E-state index in [0.29, 0.717) is 17.3 Å². The lowest BCUT2D eigenvalue weighted by molar-refractivity contribution is -0.119. The third-order valence-corrected chi connectivity index (χ3v) is 6.50. The Balaban J connectivity index is 1.99. The quantitative estimate of drug-likeness (QED) is 0.776. The highest BCUT2D eigenvalue weighted by atomic mass is 35.5. The van der Waals surface area contributed by atoms with Crippen LogP contribution in [0, 0.1) is 6.92 Å². The Kier molecular flexibility index (Phi) is 5.49. The number of amides is 1. The SMILES string of the molecule is Cc1ccc(N(C(C)C(=O)N2CCCc3ccccc32)S(C)(=O)=O)cc1Cl. The summed E-state index contributed by atoms with van der Waals surface area (Å²) < 4.78 is 26.2. The van der Waals surface area contributed by atoms with E-state index in [1.165, 1.54) is 0 Å². The molecule has 0 bridgehead atoms. The minimum absolute atomic E-state index is 0.246. The monoisotopic (exact) mass is 406 g/mol. The lowest BCUT2D eigenvalue weighted by Crippen LogP contribution is -2.50. The number of anilines is 2. The van der Waals surface area contributed by atoms with Crippen LogP contribution in [0.1, 0.15) is 24.5 Å². The smallest absolute Gasteiger partial charge is 0.250 e. The molecule has 0 N–H and O–H groups in total. The van der Waals surface area contributed by atoms with E-state index in [9.17, 15) is 13.2 Å². The number of benzene rings is 2. The van der Waals surface area contributed by atoms with Crippen molar-refractivity contribution in [3.8, 4) is 0 Å². The van der Waals surface area contributed by atoms with Crippen molar-refractivity contribution in [3.05, 3.63) is 58.6 Å². The Morgan fingerprint density at radius 3 is 2.59 bits per heavy atom. The van der Waals surface area contributed by atoms with E-state index < -0.39 is 16.1 Å². The number of carbonyl (C=O) groups is 1. The molecule has 0 aliphatic carbocycles. The molecular formula is C20H23ClN2O3S. The van der Waals surface area contributed by atoms with Crippen LogP contribution >= 0.6 is 11.6 Å². The van der Waals surface area contributed by atoms with Crippen LogP contribution in [-0.4, -0.2) is 33.2 Å². The maximum atomic E-state index is 13.3. The number of rotatable bonds is 4. The Bertz CT molecular complexity index is 975. The molecule has 2 aromatic carbocycles. The standard InChI is InChI=1S/C20H23ClN2O3S/c1-14-10-11-17(13-18(14)21)23(27(3,25)26)15(2)20(24)22-12-6-8-16-7-4-5-9-19(16)22/h4-5,7,9-11,13,15H,6,8,12H2,1-3H3. The molecule has 0 radical (unpaired) electrons. The lowest BCUT2D eigenvalue weighted by atomic mass is 10.0. The van der Waals surface area contributed by atoms with Gasteiger partial charge in [-0.25, -0.2) is 8.42 Å². The molecule has 1 aliphatic heterocycles. The van der Waals surface area contributed by atoms with E-state index >= 15 is 0 Å². The molecule has 7 heteroatoms. The fraction of sp³-hybridized carbons (Fsp3) is 0.350. The number of nitrogens with zero attached hydrogens (tertiary/aromatic N) is 2. The van der Waals surface area contributed by atoms with Crippen LogP contribution in [0.25, 0.3) is 0 Å². The summed E-state index contributed by atoms with van der Waals surface area (Å²) in [5, 5.41) is 0.462. The normalized spacial score (nSPS) is 15.2. The van der Waals surface area contributed by atoms with Gasteiger partial charge in [0.25, 0.3) is 5.91 Å². The zero-order chi connectivity index (χ0) is 19.8. The summed E-state index contributed by atoms with van der Waals surface area (Å²) in [6.07, 6.45) is 2.87. The number of aryl methyl sites for hydroxylation is 2. The van der Waals surface area contributed by atoms with E-state index in [4.69, 9.17) is 11.6 Å². The molecule has 0 fully saturated rings. The first-order valence-electron chi connectivity index (χ1n) is 8.85. The predicted molar refractivity (Wildman–Crippen MR) is 110 cm³/mol. The first-order valence-corrected chi connectivity index (χ1v) is 11.1. The molecule has 1 heterocycles. The summed E-state index contributed by atoms with van der Waals surface area (Å²) >= 11 is 6.19. The summed E-state index contributed by atoms with van der Waals surface area (Å²) in [4.78, 5) is 15.0. The fourth-order valence-electron chi connectivity index (χ4n) is 3.51.